The summed E-state index contributed by atoms with van der Waals surface area (Å²) in [6, 6.07) is 5.19. The van der Waals surface area contributed by atoms with Crippen molar-refractivity contribution in [1.82, 2.24) is 15.3 Å². The van der Waals surface area contributed by atoms with E-state index < -0.39 is 0 Å². The van der Waals surface area contributed by atoms with Gasteiger partial charge in [-0.15, -0.1) is 0 Å². The number of carbonyl (C=O) groups excluding carboxylic acids is 1. The molecule has 0 aliphatic carbocycles. The number of nitrogens with one attached hydrogen (secondary N) is 2. The Morgan fingerprint density at radius 1 is 1.37 bits per heavy atom. The van der Waals surface area contributed by atoms with Gasteiger partial charge in [-0.25, -0.2) is 4.98 Å². The van der Waals surface area contributed by atoms with E-state index >= 15 is 0 Å². The van der Waals surface area contributed by atoms with Gasteiger partial charge in [0.25, 0.3) is 0 Å². The largest absolute Gasteiger partial charge is 0.347 e. The highest BCUT2D eigenvalue weighted by molar-refractivity contribution is 6.37. The van der Waals surface area contributed by atoms with E-state index in [1.54, 1.807) is 36.8 Å². The Balaban J connectivity index is 1.96. The van der Waals surface area contributed by atoms with Crippen molar-refractivity contribution in [1.29, 1.82) is 0 Å². The number of carbonyl (C=O) groups is 1. The zero-order chi connectivity index (χ0) is 13.7. The molecule has 0 saturated heterocycles. The van der Waals surface area contributed by atoms with E-state index in [-0.39, 0.29) is 5.91 Å². The van der Waals surface area contributed by atoms with Gasteiger partial charge in [-0.2, -0.15) is 0 Å². The van der Waals surface area contributed by atoms with Crippen LogP contribution < -0.4 is 5.32 Å². The maximum absolute atomic E-state index is 11.6. The number of halogens is 2. The summed E-state index contributed by atoms with van der Waals surface area (Å²) in [5.74, 6) is -0.231. The molecule has 2 N–H and O–H groups in total. The van der Waals surface area contributed by atoms with Crippen molar-refractivity contribution in [2.75, 3.05) is 0 Å². The average molecular weight is 296 g/mol. The predicted octanol–water partition coefficient (Wildman–Crippen LogP) is 3.05. The standard InChI is InChI=1S/C13H11Cl2N3O/c14-11-2-1-3-12(15)10(11)4-5-13(19)17-7-9-6-16-8-18-9/h1-6,8H,7H2,(H,16,18)(H,17,19). The molecule has 1 heterocycles. The molecule has 2 aromatic rings. The molecule has 0 atom stereocenters. The molecule has 98 valence electrons. The minimum absolute atomic E-state index is 0.231. The monoisotopic (exact) mass is 295 g/mol. The van der Waals surface area contributed by atoms with Crippen LogP contribution in [0.1, 0.15) is 11.3 Å². The molecule has 1 aromatic carbocycles. The number of hydrogen-bond acceptors (Lipinski definition) is 2. The molecule has 0 unspecified atom stereocenters. The first kappa shape index (κ1) is 13.6. The number of hydrogen-bond donors (Lipinski definition) is 2. The lowest BCUT2D eigenvalue weighted by molar-refractivity contribution is -0.116. The van der Waals surface area contributed by atoms with E-state index in [1.807, 2.05) is 0 Å². The van der Waals surface area contributed by atoms with Crippen molar-refractivity contribution < 1.29 is 4.79 Å². The number of rotatable bonds is 4. The lowest BCUT2D eigenvalue weighted by Gasteiger charge is -2.01. The molecular formula is C13H11Cl2N3O. The minimum Gasteiger partial charge on any atom is -0.347 e. The molecule has 0 aliphatic heterocycles. The van der Waals surface area contributed by atoms with Gasteiger partial charge >= 0.3 is 0 Å². The average Bonchev–Trinajstić information content (AvgIpc) is 2.89. The van der Waals surface area contributed by atoms with Gasteiger partial charge in [-0.3, -0.25) is 4.79 Å². The Hall–Kier alpha value is -1.78. The van der Waals surface area contributed by atoms with Crippen LogP contribution in [0.2, 0.25) is 10.0 Å². The number of benzene rings is 1. The third kappa shape index (κ3) is 3.84. The summed E-state index contributed by atoms with van der Waals surface area (Å²) < 4.78 is 0. The van der Waals surface area contributed by atoms with Gasteiger partial charge in [0.2, 0.25) is 5.91 Å². The summed E-state index contributed by atoms with van der Waals surface area (Å²) in [6.07, 6.45) is 6.19. The molecule has 0 aliphatic rings. The highest BCUT2D eigenvalue weighted by atomic mass is 35.5. The Bertz CT molecular complexity index is 574. The molecule has 0 spiro atoms. The Morgan fingerprint density at radius 3 is 2.74 bits per heavy atom. The fourth-order valence-electron chi connectivity index (χ4n) is 1.45. The van der Waals surface area contributed by atoms with Crippen molar-refractivity contribution >= 4 is 35.2 Å². The van der Waals surface area contributed by atoms with Crippen molar-refractivity contribution in [3.05, 3.63) is 58.1 Å². The molecular weight excluding hydrogens is 285 g/mol. The molecule has 0 fully saturated rings. The van der Waals surface area contributed by atoms with E-state index in [0.717, 1.165) is 5.69 Å². The van der Waals surface area contributed by atoms with Crippen LogP contribution in [0, 0.1) is 0 Å². The van der Waals surface area contributed by atoms with E-state index in [1.165, 1.54) is 6.08 Å². The van der Waals surface area contributed by atoms with E-state index in [0.29, 0.717) is 22.2 Å². The van der Waals surface area contributed by atoms with Crippen LogP contribution in [0.15, 0.2) is 36.8 Å². The van der Waals surface area contributed by atoms with Crippen LogP contribution in [0.3, 0.4) is 0 Å². The van der Waals surface area contributed by atoms with Gasteiger partial charge < -0.3 is 10.3 Å². The van der Waals surface area contributed by atoms with Crippen LogP contribution in [0.4, 0.5) is 0 Å². The van der Waals surface area contributed by atoms with Crippen LogP contribution in [0.25, 0.3) is 6.08 Å². The lowest BCUT2D eigenvalue weighted by atomic mass is 10.2. The smallest absolute Gasteiger partial charge is 0.244 e. The van der Waals surface area contributed by atoms with Crippen LogP contribution in [-0.4, -0.2) is 15.9 Å². The first-order valence-corrected chi connectivity index (χ1v) is 6.29. The second-order valence-electron chi connectivity index (χ2n) is 3.76. The number of imidazole rings is 1. The number of H-pyrrole nitrogens is 1. The summed E-state index contributed by atoms with van der Waals surface area (Å²) in [5.41, 5.74) is 1.46. The van der Waals surface area contributed by atoms with Gasteiger partial charge in [0, 0.05) is 27.9 Å². The Labute approximate surface area is 120 Å². The van der Waals surface area contributed by atoms with E-state index in [4.69, 9.17) is 23.2 Å². The first-order valence-electron chi connectivity index (χ1n) is 5.54. The quantitative estimate of drug-likeness (QED) is 0.852. The molecule has 6 heteroatoms. The van der Waals surface area contributed by atoms with Crippen LogP contribution in [-0.2, 0) is 11.3 Å². The zero-order valence-electron chi connectivity index (χ0n) is 9.86. The summed E-state index contributed by atoms with van der Waals surface area (Å²) in [7, 11) is 0. The Kier molecular flexibility index (Phi) is 4.60. The molecule has 2 rings (SSSR count). The van der Waals surface area contributed by atoms with Crippen molar-refractivity contribution in [2.45, 2.75) is 6.54 Å². The normalized spacial score (nSPS) is 10.8. The third-order valence-corrected chi connectivity index (χ3v) is 3.07. The van der Waals surface area contributed by atoms with Crippen molar-refractivity contribution in [3.63, 3.8) is 0 Å². The van der Waals surface area contributed by atoms with Gasteiger partial charge in [0.1, 0.15) is 0 Å². The molecule has 0 saturated carbocycles. The summed E-state index contributed by atoms with van der Waals surface area (Å²) >= 11 is 12.0. The Morgan fingerprint density at radius 2 is 2.11 bits per heavy atom. The van der Waals surface area contributed by atoms with Gasteiger partial charge in [-0.05, 0) is 18.2 Å². The number of aromatic nitrogens is 2. The molecule has 1 amide bonds. The predicted molar refractivity (Wildman–Crippen MR) is 75.9 cm³/mol. The van der Waals surface area contributed by atoms with Crippen molar-refractivity contribution in [2.24, 2.45) is 0 Å². The second-order valence-corrected chi connectivity index (χ2v) is 4.58. The van der Waals surface area contributed by atoms with Crippen molar-refractivity contribution in [3.8, 4) is 0 Å². The van der Waals surface area contributed by atoms with Gasteiger partial charge in [-0.1, -0.05) is 29.3 Å². The van der Waals surface area contributed by atoms with E-state index in [2.05, 4.69) is 15.3 Å². The second kappa shape index (κ2) is 6.41. The fraction of sp³-hybridized carbons (Fsp3) is 0.0769. The number of nitrogens with zero attached hydrogens (tertiary/aromatic N) is 1. The fourth-order valence-corrected chi connectivity index (χ4v) is 1.98. The van der Waals surface area contributed by atoms with Crippen LogP contribution in [0.5, 0.6) is 0 Å². The molecule has 0 radical (unpaired) electrons. The molecule has 1 aromatic heterocycles. The summed E-state index contributed by atoms with van der Waals surface area (Å²) in [6.45, 7) is 0.388. The maximum atomic E-state index is 11.6. The van der Waals surface area contributed by atoms with Crippen LogP contribution >= 0.6 is 23.2 Å². The highest BCUT2D eigenvalue weighted by Gasteiger charge is 2.02. The first-order chi connectivity index (χ1) is 9.16. The van der Waals surface area contributed by atoms with Gasteiger partial charge in [0.05, 0.1) is 18.6 Å². The summed E-state index contributed by atoms with van der Waals surface area (Å²) in [4.78, 5) is 18.4. The van der Waals surface area contributed by atoms with Gasteiger partial charge in [0.15, 0.2) is 0 Å². The minimum atomic E-state index is -0.231. The zero-order valence-corrected chi connectivity index (χ0v) is 11.4. The maximum Gasteiger partial charge on any atom is 0.244 e. The molecule has 19 heavy (non-hydrogen) atoms. The number of aromatic amines is 1. The molecule has 4 nitrogen and oxygen atoms in total. The number of amides is 1. The topological polar surface area (TPSA) is 57.8 Å². The molecule has 0 bridgehead atoms. The lowest BCUT2D eigenvalue weighted by Crippen LogP contribution is -2.20. The summed E-state index contributed by atoms with van der Waals surface area (Å²) in [5, 5.41) is 3.72. The third-order valence-electron chi connectivity index (χ3n) is 2.41. The van der Waals surface area contributed by atoms with E-state index in [9.17, 15) is 4.79 Å². The highest BCUT2D eigenvalue weighted by Crippen LogP contribution is 2.25. The SMILES string of the molecule is O=C(C=Cc1c(Cl)cccc1Cl)NCc1cnc[nH]1.